The SMILES string of the molecule is P.P.[CH3-].[Ni]. The molecule has 0 rings (SSSR count). The van der Waals surface area contributed by atoms with Gasteiger partial charge in [-0.1, -0.05) is 0 Å². The van der Waals surface area contributed by atoms with Gasteiger partial charge in [-0.2, -0.15) is 19.8 Å². The van der Waals surface area contributed by atoms with Crippen molar-refractivity contribution in [2.24, 2.45) is 0 Å². The van der Waals surface area contributed by atoms with Crippen molar-refractivity contribution in [3.8, 4) is 0 Å². The van der Waals surface area contributed by atoms with Gasteiger partial charge in [-0.25, -0.2) is 0 Å². The maximum absolute atomic E-state index is 0. The van der Waals surface area contributed by atoms with Crippen LogP contribution in [0.3, 0.4) is 0 Å². The van der Waals surface area contributed by atoms with Crippen molar-refractivity contribution in [3.05, 3.63) is 7.43 Å². The Morgan fingerprint density at radius 1 is 0.750 bits per heavy atom. The summed E-state index contributed by atoms with van der Waals surface area (Å²) < 4.78 is 0. The Labute approximate surface area is 44.3 Å². The molecule has 0 aromatic heterocycles. The summed E-state index contributed by atoms with van der Waals surface area (Å²) in [5, 5.41) is 0. The molecule has 0 nitrogen and oxygen atoms in total. The Kier molecular flexibility index (Phi) is 370. The van der Waals surface area contributed by atoms with Crippen LogP contribution in [0.15, 0.2) is 0 Å². The Balaban J connectivity index is 0. The van der Waals surface area contributed by atoms with Crippen molar-refractivity contribution in [3.63, 3.8) is 0 Å². The Morgan fingerprint density at radius 3 is 0.750 bits per heavy atom. The molecule has 0 radical (unpaired) electrons. The molecule has 0 saturated heterocycles. The van der Waals surface area contributed by atoms with E-state index in [0.29, 0.717) is 0 Å². The van der Waals surface area contributed by atoms with E-state index in [1.54, 1.807) is 0 Å². The van der Waals surface area contributed by atoms with Crippen LogP contribution in [-0.2, 0) is 16.5 Å². The van der Waals surface area contributed by atoms with Crippen molar-refractivity contribution >= 4 is 19.8 Å². The van der Waals surface area contributed by atoms with Crippen LogP contribution in [-0.4, -0.2) is 0 Å². The van der Waals surface area contributed by atoms with Gasteiger partial charge in [-0.05, 0) is 0 Å². The molecule has 0 fully saturated rings. The van der Waals surface area contributed by atoms with Gasteiger partial charge in [0.15, 0.2) is 0 Å². The maximum Gasteiger partial charge on any atom is 0 e. The van der Waals surface area contributed by atoms with Crippen LogP contribution in [0.1, 0.15) is 0 Å². The maximum atomic E-state index is 0. The first-order valence-electron chi connectivity index (χ1n) is 0. The van der Waals surface area contributed by atoms with Gasteiger partial charge >= 0.3 is 0 Å². The van der Waals surface area contributed by atoms with E-state index in [1.807, 2.05) is 0 Å². The third kappa shape index (κ3) is 10.1. The zero-order valence-corrected chi connectivity index (χ0v) is 6.55. The Bertz CT molecular complexity index is 6.00. The molecular formula is CH9NiP2-. The van der Waals surface area contributed by atoms with Crippen LogP contribution < -0.4 is 0 Å². The predicted octanol–water partition coefficient (Wildman–Crippen LogP) is 0.564. The second-order valence-electron chi connectivity index (χ2n) is 0. The average molecular weight is 142 g/mol. The van der Waals surface area contributed by atoms with E-state index >= 15 is 0 Å². The van der Waals surface area contributed by atoms with Gasteiger partial charge in [0, 0.05) is 16.5 Å². The molecule has 4 heavy (non-hydrogen) atoms. The molecule has 2 unspecified atom stereocenters. The minimum Gasteiger partial charge on any atom is -0.358 e. The summed E-state index contributed by atoms with van der Waals surface area (Å²) in [7, 11) is 0. The summed E-state index contributed by atoms with van der Waals surface area (Å²) >= 11 is 0. The van der Waals surface area contributed by atoms with Crippen LogP contribution in [0.5, 0.6) is 0 Å². The largest absolute Gasteiger partial charge is 0.358 e. The molecule has 0 aliphatic heterocycles. The molecule has 3 heteroatoms. The molecule has 0 aromatic carbocycles. The van der Waals surface area contributed by atoms with Crippen molar-refractivity contribution in [2.75, 3.05) is 0 Å². The van der Waals surface area contributed by atoms with Crippen LogP contribution in [0, 0.1) is 7.43 Å². The minimum absolute atomic E-state index is 0. The van der Waals surface area contributed by atoms with Gasteiger partial charge < -0.3 is 7.43 Å². The van der Waals surface area contributed by atoms with Crippen LogP contribution in [0.25, 0.3) is 0 Å². The summed E-state index contributed by atoms with van der Waals surface area (Å²) in [5.41, 5.74) is 0. The summed E-state index contributed by atoms with van der Waals surface area (Å²) in [6.07, 6.45) is 0. The zero-order chi connectivity index (χ0) is 0. The minimum atomic E-state index is 0. The fourth-order valence-corrected chi connectivity index (χ4v) is 0. The van der Waals surface area contributed by atoms with Gasteiger partial charge in [0.2, 0.25) is 0 Å². The molecule has 0 heterocycles. The number of hydrogen-bond acceptors (Lipinski definition) is 0. The normalized spacial score (nSPS) is 0. The first-order chi connectivity index (χ1) is 0. The molecule has 0 saturated carbocycles. The van der Waals surface area contributed by atoms with E-state index in [2.05, 4.69) is 0 Å². The third-order valence-electron chi connectivity index (χ3n) is 0. The molecule has 0 amide bonds. The summed E-state index contributed by atoms with van der Waals surface area (Å²) in [5.74, 6) is 0. The van der Waals surface area contributed by atoms with Crippen LogP contribution >= 0.6 is 19.8 Å². The van der Waals surface area contributed by atoms with Crippen molar-refractivity contribution in [1.29, 1.82) is 0 Å². The zero-order valence-electron chi connectivity index (χ0n) is 2.73. The van der Waals surface area contributed by atoms with E-state index < -0.39 is 0 Å². The molecule has 0 aliphatic rings. The van der Waals surface area contributed by atoms with Gasteiger partial charge in [0.05, 0.1) is 0 Å². The van der Waals surface area contributed by atoms with Gasteiger partial charge in [-0.3, -0.25) is 0 Å². The van der Waals surface area contributed by atoms with Crippen LogP contribution in [0.4, 0.5) is 0 Å². The molecule has 2 atom stereocenters. The molecular weight excluding hydrogens is 133 g/mol. The Morgan fingerprint density at radius 2 is 0.750 bits per heavy atom. The standard InChI is InChI=1S/CH3.Ni.2H3P/h1H3;;2*1H3/q-1;;;. The van der Waals surface area contributed by atoms with E-state index in [9.17, 15) is 0 Å². The molecule has 0 bridgehead atoms. The fourth-order valence-electron chi connectivity index (χ4n) is 0. The van der Waals surface area contributed by atoms with Gasteiger partial charge in [0.1, 0.15) is 0 Å². The summed E-state index contributed by atoms with van der Waals surface area (Å²) in [6.45, 7) is 0. The molecule has 0 N–H and O–H groups in total. The quantitative estimate of drug-likeness (QED) is 0.263. The number of hydrogen-bond donors (Lipinski definition) is 0. The molecule has 0 spiro atoms. The summed E-state index contributed by atoms with van der Waals surface area (Å²) in [4.78, 5) is 0. The second kappa shape index (κ2) is 26.7. The van der Waals surface area contributed by atoms with Crippen molar-refractivity contribution in [1.82, 2.24) is 0 Å². The van der Waals surface area contributed by atoms with E-state index in [0.717, 1.165) is 0 Å². The first kappa shape index (κ1) is 55.4. The van der Waals surface area contributed by atoms with E-state index in [4.69, 9.17) is 0 Å². The van der Waals surface area contributed by atoms with E-state index in [1.165, 1.54) is 0 Å². The molecule has 34 valence electrons. The van der Waals surface area contributed by atoms with Crippen LogP contribution in [0.2, 0.25) is 0 Å². The third-order valence-corrected chi connectivity index (χ3v) is 0. The fraction of sp³-hybridized carbons (Fsp3) is 0. The summed E-state index contributed by atoms with van der Waals surface area (Å²) in [6, 6.07) is 0. The monoisotopic (exact) mass is 141 g/mol. The molecule has 0 aliphatic carbocycles. The second-order valence-corrected chi connectivity index (χ2v) is 0. The Hall–Kier alpha value is 1.35. The van der Waals surface area contributed by atoms with Crippen molar-refractivity contribution < 1.29 is 16.5 Å². The smallest absolute Gasteiger partial charge is 0 e. The predicted molar refractivity (Wildman–Crippen MR) is 28.6 cm³/mol. The van der Waals surface area contributed by atoms with Gasteiger partial charge in [0.25, 0.3) is 0 Å². The molecule has 0 aromatic rings. The average Bonchev–Trinajstić information content (AvgIpc) is 0. The van der Waals surface area contributed by atoms with Crippen molar-refractivity contribution in [2.45, 2.75) is 0 Å². The topological polar surface area (TPSA) is 0 Å². The van der Waals surface area contributed by atoms with E-state index in [-0.39, 0.29) is 43.7 Å². The first-order valence-corrected chi connectivity index (χ1v) is 0. The van der Waals surface area contributed by atoms with Gasteiger partial charge in [-0.15, -0.1) is 0 Å². The number of rotatable bonds is 0.